The number of piperazine rings is 1. The van der Waals surface area contributed by atoms with Crippen LogP contribution in [0.3, 0.4) is 0 Å². The molecule has 29 heavy (non-hydrogen) atoms. The second-order valence-corrected chi connectivity index (χ2v) is 9.49. The van der Waals surface area contributed by atoms with Gasteiger partial charge >= 0.3 is 0 Å². The van der Waals surface area contributed by atoms with Crippen LogP contribution in [0.2, 0.25) is 0 Å². The van der Waals surface area contributed by atoms with E-state index in [-0.39, 0.29) is 10.7 Å². The van der Waals surface area contributed by atoms with Crippen molar-refractivity contribution in [2.24, 2.45) is 0 Å². The van der Waals surface area contributed by atoms with E-state index in [1.807, 2.05) is 6.07 Å². The van der Waals surface area contributed by atoms with Gasteiger partial charge in [-0.1, -0.05) is 54.6 Å². The Labute approximate surface area is 171 Å². The van der Waals surface area contributed by atoms with Crippen LogP contribution in [-0.4, -0.2) is 44.7 Å². The first-order chi connectivity index (χ1) is 13.9. The molecular weight excluding hydrogens is 384 g/mol. The minimum atomic E-state index is -3.53. The zero-order valence-corrected chi connectivity index (χ0v) is 17.3. The lowest BCUT2D eigenvalue weighted by Gasteiger charge is -2.31. The zero-order chi connectivity index (χ0) is 20.4. The molecule has 5 nitrogen and oxygen atoms in total. The number of carbonyl (C=O) groups is 1. The molecule has 3 aromatic rings. The molecule has 0 radical (unpaired) electrons. The quantitative estimate of drug-likeness (QED) is 0.657. The Balaban J connectivity index is 1.44. The summed E-state index contributed by atoms with van der Waals surface area (Å²) in [5.41, 5.74) is 1.82. The Bertz CT molecular complexity index is 1130. The largest absolute Gasteiger partial charge is 0.329 e. The highest BCUT2D eigenvalue weighted by molar-refractivity contribution is 7.89. The Kier molecular flexibility index (Phi) is 5.50. The molecule has 150 valence electrons. The van der Waals surface area contributed by atoms with Crippen LogP contribution in [0.1, 0.15) is 22.8 Å². The van der Waals surface area contributed by atoms with E-state index in [0.29, 0.717) is 18.7 Å². The summed E-state index contributed by atoms with van der Waals surface area (Å²) in [7, 11) is -3.53. The van der Waals surface area contributed by atoms with Gasteiger partial charge in [-0.05, 0) is 29.8 Å². The molecule has 0 spiro atoms. The maximum Gasteiger partial charge on any atom is 0.243 e. The Morgan fingerprint density at radius 3 is 2.28 bits per heavy atom. The molecule has 0 aromatic heterocycles. The highest BCUT2D eigenvalue weighted by atomic mass is 32.2. The molecule has 1 saturated heterocycles. The minimum Gasteiger partial charge on any atom is -0.329 e. The van der Waals surface area contributed by atoms with Crippen LogP contribution in [0.5, 0.6) is 0 Å². The van der Waals surface area contributed by atoms with Gasteiger partial charge in [0.2, 0.25) is 10.0 Å². The molecule has 1 heterocycles. The maximum atomic E-state index is 12.9. The van der Waals surface area contributed by atoms with Gasteiger partial charge in [-0.15, -0.1) is 0 Å². The van der Waals surface area contributed by atoms with Crippen LogP contribution in [0.15, 0.2) is 71.6 Å². The number of benzene rings is 3. The smallest absolute Gasteiger partial charge is 0.243 e. The maximum absolute atomic E-state index is 12.9. The summed E-state index contributed by atoms with van der Waals surface area (Å²) in [6, 6.07) is 21.0. The van der Waals surface area contributed by atoms with Gasteiger partial charge < -0.3 is 4.90 Å². The minimum absolute atomic E-state index is 0.0698. The van der Waals surface area contributed by atoms with Crippen molar-refractivity contribution in [2.75, 3.05) is 26.2 Å². The van der Waals surface area contributed by atoms with Crippen molar-refractivity contribution in [1.82, 2.24) is 4.31 Å². The van der Waals surface area contributed by atoms with E-state index in [2.05, 4.69) is 36.4 Å². The van der Waals surface area contributed by atoms with Gasteiger partial charge in [0.05, 0.1) is 31.1 Å². The van der Waals surface area contributed by atoms with Gasteiger partial charge in [0.1, 0.15) is 6.54 Å². The van der Waals surface area contributed by atoms with Crippen LogP contribution in [-0.2, 0) is 16.6 Å². The molecule has 0 amide bonds. The normalized spacial score (nSPS) is 16.2. The van der Waals surface area contributed by atoms with Crippen molar-refractivity contribution in [3.8, 4) is 0 Å². The molecule has 0 aliphatic carbocycles. The Morgan fingerprint density at radius 2 is 1.59 bits per heavy atom. The molecule has 0 bridgehead atoms. The zero-order valence-electron chi connectivity index (χ0n) is 16.5. The number of sulfonamides is 1. The summed E-state index contributed by atoms with van der Waals surface area (Å²) in [4.78, 5) is 13.1. The third-order valence-corrected chi connectivity index (χ3v) is 7.56. The third-order valence-electron chi connectivity index (χ3n) is 5.65. The first-order valence-electron chi connectivity index (χ1n) is 9.86. The van der Waals surface area contributed by atoms with E-state index in [9.17, 15) is 13.2 Å². The predicted molar refractivity (Wildman–Crippen MR) is 114 cm³/mol. The average Bonchev–Trinajstić information content (AvgIpc) is 2.74. The van der Waals surface area contributed by atoms with Gasteiger partial charge in [0, 0.05) is 11.1 Å². The van der Waals surface area contributed by atoms with E-state index in [0.717, 1.165) is 19.6 Å². The number of nitrogens with zero attached hydrogens (tertiary/aromatic N) is 1. The van der Waals surface area contributed by atoms with Crippen molar-refractivity contribution in [3.63, 3.8) is 0 Å². The molecule has 0 saturated carbocycles. The predicted octanol–water partition coefficient (Wildman–Crippen LogP) is 2.13. The summed E-state index contributed by atoms with van der Waals surface area (Å²) in [5.74, 6) is -0.0698. The van der Waals surface area contributed by atoms with Gasteiger partial charge in [0.15, 0.2) is 5.78 Å². The summed E-state index contributed by atoms with van der Waals surface area (Å²) >= 11 is 0. The fourth-order valence-electron chi connectivity index (χ4n) is 3.95. The standard InChI is InChI=1S/C23H24N2O3S/c1-18(26)19-9-11-22(12-10-19)29(27,28)25-15-13-24(14-16-25)17-21-7-4-6-20-5-2-3-8-23(20)21/h2-12H,13-17H2,1H3/p+1. The molecule has 1 aliphatic rings. The van der Waals surface area contributed by atoms with Gasteiger partial charge in [-0.3, -0.25) is 4.79 Å². The number of hydrogen-bond acceptors (Lipinski definition) is 3. The number of fused-ring (bicyclic) bond motifs is 1. The van der Waals surface area contributed by atoms with E-state index in [1.165, 1.54) is 40.3 Å². The number of nitrogens with one attached hydrogen (secondary N) is 1. The summed E-state index contributed by atoms with van der Waals surface area (Å²) in [6.07, 6.45) is 0. The van der Waals surface area contributed by atoms with Gasteiger partial charge in [0.25, 0.3) is 0 Å². The van der Waals surface area contributed by atoms with Crippen LogP contribution in [0, 0.1) is 0 Å². The van der Waals surface area contributed by atoms with Gasteiger partial charge in [-0.2, -0.15) is 4.31 Å². The van der Waals surface area contributed by atoms with Crippen LogP contribution in [0.4, 0.5) is 0 Å². The number of ketones is 1. The van der Waals surface area contributed by atoms with E-state index >= 15 is 0 Å². The highest BCUT2D eigenvalue weighted by Crippen LogP contribution is 2.19. The van der Waals surface area contributed by atoms with E-state index < -0.39 is 10.0 Å². The fourth-order valence-corrected chi connectivity index (χ4v) is 5.39. The average molecular weight is 410 g/mol. The van der Waals surface area contributed by atoms with Crippen LogP contribution in [0.25, 0.3) is 10.8 Å². The van der Waals surface area contributed by atoms with Crippen molar-refractivity contribution >= 4 is 26.6 Å². The molecule has 1 fully saturated rings. The molecule has 3 aromatic carbocycles. The van der Waals surface area contributed by atoms with Crippen molar-refractivity contribution in [3.05, 3.63) is 77.9 Å². The highest BCUT2D eigenvalue weighted by Gasteiger charge is 2.30. The Hall–Kier alpha value is -2.54. The topological polar surface area (TPSA) is 58.9 Å². The van der Waals surface area contributed by atoms with E-state index in [4.69, 9.17) is 0 Å². The van der Waals surface area contributed by atoms with Crippen LogP contribution >= 0.6 is 0 Å². The summed E-state index contributed by atoms with van der Waals surface area (Å²) < 4.78 is 27.4. The Morgan fingerprint density at radius 1 is 0.931 bits per heavy atom. The second-order valence-electron chi connectivity index (χ2n) is 7.55. The van der Waals surface area contributed by atoms with Crippen molar-refractivity contribution in [1.29, 1.82) is 0 Å². The second kappa shape index (κ2) is 8.06. The summed E-state index contributed by atoms with van der Waals surface area (Å²) in [5, 5.41) is 2.50. The van der Waals surface area contributed by atoms with Crippen LogP contribution < -0.4 is 4.90 Å². The van der Waals surface area contributed by atoms with Crippen molar-refractivity contribution in [2.45, 2.75) is 18.4 Å². The third kappa shape index (κ3) is 4.10. The molecule has 1 N–H and O–H groups in total. The lowest BCUT2D eigenvalue weighted by molar-refractivity contribution is -0.917. The monoisotopic (exact) mass is 409 g/mol. The lowest BCUT2D eigenvalue weighted by Crippen LogP contribution is -3.13. The summed E-state index contributed by atoms with van der Waals surface area (Å²) in [6.45, 7) is 4.90. The molecular formula is C23H25N2O3S+. The van der Waals surface area contributed by atoms with Gasteiger partial charge in [-0.25, -0.2) is 8.42 Å². The molecule has 6 heteroatoms. The first-order valence-corrected chi connectivity index (χ1v) is 11.3. The SMILES string of the molecule is CC(=O)c1ccc(S(=O)(=O)N2CC[NH+](Cc3cccc4ccccc34)CC2)cc1. The van der Waals surface area contributed by atoms with E-state index in [1.54, 1.807) is 16.4 Å². The van der Waals surface area contributed by atoms with Crippen molar-refractivity contribution < 1.29 is 18.1 Å². The molecule has 0 atom stereocenters. The molecule has 1 aliphatic heterocycles. The number of rotatable bonds is 5. The number of Topliss-reactive ketones (excluding diaryl/α,β-unsaturated/α-hetero) is 1. The number of hydrogen-bond donors (Lipinski definition) is 1. The number of carbonyl (C=O) groups excluding carboxylic acids is 1. The molecule has 0 unspecified atom stereocenters. The number of quaternary nitrogens is 1. The lowest BCUT2D eigenvalue weighted by atomic mass is 10.0. The molecule has 4 rings (SSSR count). The fraction of sp³-hybridized carbons (Fsp3) is 0.261. The first kappa shape index (κ1) is 19.8.